The number of ether oxygens (including phenoxy) is 1. The average molecular weight is 399 g/mol. The molecule has 0 aliphatic heterocycles. The topological polar surface area (TPSA) is 81.9 Å². The molecule has 0 aliphatic rings. The molecule has 0 aliphatic carbocycles. The molecule has 30 heavy (non-hydrogen) atoms. The first-order valence-corrected chi connectivity index (χ1v) is 9.46. The molecule has 4 rings (SSSR count). The predicted octanol–water partition coefficient (Wildman–Crippen LogP) is 4.27. The van der Waals surface area contributed by atoms with E-state index in [1.807, 2.05) is 61.5 Å². The summed E-state index contributed by atoms with van der Waals surface area (Å²) in [6.45, 7) is 3.45. The largest absolute Gasteiger partial charge is 0.497 e. The summed E-state index contributed by atoms with van der Waals surface area (Å²) in [6.07, 6.45) is 3.42. The fraction of sp³-hybridized carbons (Fsp3) is 0.130. The zero-order valence-corrected chi connectivity index (χ0v) is 17.0. The third kappa shape index (κ3) is 3.77. The van der Waals surface area contributed by atoms with Crippen LogP contribution in [0.15, 0.2) is 67.0 Å². The molecule has 0 unspecified atom stereocenters. The van der Waals surface area contributed by atoms with Crippen LogP contribution in [0, 0.1) is 6.92 Å². The van der Waals surface area contributed by atoms with Gasteiger partial charge in [-0.2, -0.15) is 0 Å². The summed E-state index contributed by atoms with van der Waals surface area (Å²) in [5.41, 5.74) is 4.21. The Labute approximate surface area is 174 Å². The molecule has 0 fully saturated rings. The van der Waals surface area contributed by atoms with Crippen LogP contribution in [0.25, 0.3) is 28.5 Å². The molecule has 1 amide bonds. The van der Waals surface area contributed by atoms with Crippen molar-refractivity contribution in [2.24, 2.45) is 0 Å². The van der Waals surface area contributed by atoms with Crippen LogP contribution in [-0.4, -0.2) is 32.8 Å². The standard InChI is InChI=1S/C23H21N5O2/c1-15-20(8-5-9-21(15)25-16(2)29)23-26-22(17-10-12-24-13-11-17)27-28(23)18-6-4-7-19(14-18)30-3/h4-14H,1-3H3,(H,25,29). The van der Waals surface area contributed by atoms with Gasteiger partial charge in [0.25, 0.3) is 0 Å². The second-order valence-corrected chi connectivity index (χ2v) is 6.77. The molecular formula is C23H21N5O2. The summed E-state index contributed by atoms with van der Waals surface area (Å²) >= 11 is 0. The molecule has 4 aromatic rings. The molecule has 7 nitrogen and oxygen atoms in total. The highest BCUT2D eigenvalue weighted by molar-refractivity contribution is 5.91. The number of hydrogen-bond acceptors (Lipinski definition) is 5. The van der Waals surface area contributed by atoms with Crippen LogP contribution in [0.1, 0.15) is 12.5 Å². The Bertz CT molecular complexity index is 1200. The van der Waals surface area contributed by atoms with E-state index in [9.17, 15) is 4.79 Å². The molecule has 2 aromatic carbocycles. The van der Waals surface area contributed by atoms with Crippen LogP contribution in [0.4, 0.5) is 5.69 Å². The molecule has 150 valence electrons. The van der Waals surface area contributed by atoms with Gasteiger partial charge in [-0.15, -0.1) is 5.10 Å². The van der Waals surface area contributed by atoms with Crippen LogP contribution in [0.5, 0.6) is 5.75 Å². The van der Waals surface area contributed by atoms with Gasteiger partial charge in [0.2, 0.25) is 5.91 Å². The summed E-state index contributed by atoms with van der Waals surface area (Å²) in [4.78, 5) is 20.5. The first-order chi connectivity index (χ1) is 14.6. The van der Waals surface area contributed by atoms with Gasteiger partial charge in [0, 0.05) is 42.2 Å². The summed E-state index contributed by atoms with van der Waals surface area (Å²) in [6, 6.07) is 17.1. The third-order valence-corrected chi connectivity index (χ3v) is 4.73. The minimum absolute atomic E-state index is 0.123. The smallest absolute Gasteiger partial charge is 0.221 e. The lowest BCUT2D eigenvalue weighted by Gasteiger charge is -2.12. The van der Waals surface area contributed by atoms with E-state index >= 15 is 0 Å². The number of pyridine rings is 1. The Balaban J connectivity index is 1.92. The van der Waals surface area contributed by atoms with E-state index in [0.717, 1.165) is 33.8 Å². The van der Waals surface area contributed by atoms with Crippen molar-refractivity contribution in [1.82, 2.24) is 19.7 Å². The van der Waals surface area contributed by atoms with Gasteiger partial charge in [-0.05, 0) is 42.8 Å². The fourth-order valence-electron chi connectivity index (χ4n) is 3.23. The molecule has 0 radical (unpaired) electrons. The fourth-order valence-corrected chi connectivity index (χ4v) is 3.23. The number of carbonyl (C=O) groups excluding carboxylic acids is 1. The number of hydrogen-bond donors (Lipinski definition) is 1. The number of methoxy groups -OCH3 is 1. The van der Waals surface area contributed by atoms with Crippen LogP contribution >= 0.6 is 0 Å². The monoisotopic (exact) mass is 399 g/mol. The number of anilines is 1. The van der Waals surface area contributed by atoms with Gasteiger partial charge in [-0.1, -0.05) is 18.2 Å². The Morgan fingerprint density at radius 1 is 1.07 bits per heavy atom. The number of nitrogens with one attached hydrogen (secondary N) is 1. The number of carbonyl (C=O) groups is 1. The summed E-state index contributed by atoms with van der Waals surface area (Å²) < 4.78 is 7.17. The van der Waals surface area contributed by atoms with Crippen LogP contribution in [0.3, 0.4) is 0 Å². The minimum atomic E-state index is -0.123. The van der Waals surface area contributed by atoms with Crippen molar-refractivity contribution in [1.29, 1.82) is 0 Å². The highest BCUT2D eigenvalue weighted by Gasteiger charge is 2.18. The Morgan fingerprint density at radius 2 is 1.83 bits per heavy atom. The summed E-state index contributed by atoms with van der Waals surface area (Å²) in [5.74, 6) is 1.85. The van der Waals surface area contributed by atoms with E-state index < -0.39 is 0 Å². The van der Waals surface area contributed by atoms with Crippen LogP contribution < -0.4 is 10.1 Å². The zero-order valence-electron chi connectivity index (χ0n) is 17.0. The molecule has 0 saturated carbocycles. The molecule has 2 aromatic heterocycles. The Kier molecular flexibility index (Phi) is 5.26. The number of nitrogens with zero attached hydrogens (tertiary/aromatic N) is 4. The van der Waals surface area contributed by atoms with Crippen LogP contribution in [0.2, 0.25) is 0 Å². The quantitative estimate of drug-likeness (QED) is 0.542. The Hall–Kier alpha value is -4.00. The molecule has 2 heterocycles. The van der Waals surface area contributed by atoms with Crippen molar-refractivity contribution >= 4 is 11.6 Å². The second kappa shape index (κ2) is 8.16. The molecule has 0 bridgehead atoms. The highest BCUT2D eigenvalue weighted by atomic mass is 16.5. The van der Waals surface area contributed by atoms with E-state index in [4.69, 9.17) is 14.8 Å². The normalized spacial score (nSPS) is 10.6. The summed E-state index contributed by atoms with van der Waals surface area (Å²) in [5, 5.41) is 7.64. The first-order valence-electron chi connectivity index (χ1n) is 9.46. The van der Waals surface area contributed by atoms with Crippen molar-refractivity contribution in [2.75, 3.05) is 12.4 Å². The van der Waals surface area contributed by atoms with Gasteiger partial charge in [0.1, 0.15) is 5.75 Å². The number of aromatic nitrogens is 4. The van der Waals surface area contributed by atoms with Crippen molar-refractivity contribution in [3.05, 3.63) is 72.6 Å². The zero-order chi connectivity index (χ0) is 21.1. The number of benzene rings is 2. The molecule has 1 N–H and O–H groups in total. The van der Waals surface area contributed by atoms with Gasteiger partial charge in [-0.3, -0.25) is 9.78 Å². The molecular weight excluding hydrogens is 378 g/mol. The van der Waals surface area contributed by atoms with Gasteiger partial charge in [0.05, 0.1) is 12.8 Å². The lowest BCUT2D eigenvalue weighted by molar-refractivity contribution is -0.114. The predicted molar refractivity (Wildman–Crippen MR) is 116 cm³/mol. The number of amides is 1. The molecule has 7 heteroatoms. The molecule has 0 atom stereocenters. The maximum absolute atomic E-state index is 11.6. The minimum Gasteiger partial charge on any atom is -0.497 e. The van der Waals surface area contributed by atoms with Crippen LogP contribution in [-0.2, 0) is 4.79 Å². The van der Waals surface area contributed by atoms with E-state index in [-0.39, 0.29) is 5.91 Å². The molecule has 0 spiro atoms. The van der Waals surface area contributed by atoms with Crippen molar-refractivity contribution < 1.29 is 9.53 Å². The third-order valence-electron chi connectivity index (χ3n) is 4.73. The number of rotatable bonds is 5. The Morgan fingerprint density at radius 3 is 2.57 bits per heavy atom. The van der Waals surface area contributed by atoms with Crippen molar-refractivity contribution in [3.63, 3.8) is 0 Å². The average Bonchev–Trinajstić information content (AvgIpc) is 3.21. The highest BCUT2D eigenvalue weighted by Crippen LogP contribution is 2.31. The van der Waals surface area contributed by atoms with E-state index in [1.54, 1.807) is 24.2 Å². The summed E-state index contributed by atoms with van der Waals surface area (Å²) in [7, 11) is 1.63. The van der Waals surface area contributed by atoms with Crippen molar-refractivity contribution in [2.45, 2.75) is 13.8 Å². The van der Waals surface area contributed by atoms with E-state index in [0.29, 0.717) is 11.6 Å². The van der Waals surface area contributed by atoms with Gasteiger partial charge in [0.15, 0.2) is 11.6 Å². The molecule has 0 saturated heterocycles. The van der Waals surface area contributed by atoms with Crippen molar-refractivity contribution in [3.8, 4) is 34.2 Å². The maximum Gasteiger partial charge on any atom is 0.221 e. The van der Waals surface area contributed by atoms with E-state index in [1.165, 1.54) is 6.92 Å². The van der Waals surface area contributed by atoms with E-state index in [2.05, 4.69) is 10.3 Å². The van der Waals surface area contributed by atoms with Gasteiger partial charge >= 0.3 is 0 Å². The first kappa shape index (κ1) is 19.3. The van der Waals surface area contributed by atoms with Gasteiger partial charge in [-0.25, -0.2) is 9.67 Å². The SMILES string of the molecule is COc1cccc(-n2nc(-c3ccncc3)nc2-c2cccc(NC(C)=O)c2C)c1. The lowest BCUT2D eigenvalue weighted by atomic mass is 10.1. The lowest BCUT2D eigenvalue weighted by Crippen LogP contribution is -2.08. The maximum atomic E-state index is 11.6. The van der Waals surface area contributed by atoms with Gasteiger partial charge < -0.3 is 10.1 Å². The second-order valence-electron chi connectivity index (χ2n) is 6.77.